The molecule has 1 aromatic carbocycles. The third kappa shape index (κ3) is 2.07. The number of aliphatic hydroxyl groups is 1. The summed E-state index contributed by atoms with van der Waals surface area (Å²) >= 11 is 0. The second kappa shape index (κ2) is 3.51. The van der Waals surface area contributed by atoms with Gasteiger partial charge in [0.15, 0.2) is 5.76 Å². The maximum Gasteiger partial charge on any atom is 0.167 e. The molecule has 78 valence electrons. The molecule has 0 atom stereocenters. The van der Waals surface area contributed by atoms with Crippen molar-refractivity contribution in [1.29, 1.82) is 0 Å². The molecule has 0 fully saturated rings. The second-order valence-electron chi connectivity index (χ2n) is 4.00. The van der Waals surface area contributed by atoms with Crippen molar-refractivity contribution in [3.63, 3.8) is 0 Å². The van der Waals surface area contributed by atoms with Crippen molar-refractivity contribution in [2.24, 2.45) is 0 Å². The Morgan fingerprint density at radius 1 is 1.20 bits per heavy atom. The predicted molar refractivity (Wildman–Crippen MR) is 57.2 cm³/mol. The Kier molecular flexibility index (Phi) is 2.32. The minimum Gasteiger partial charge on any atom is -0.384 e. The SMILES string of the molecule is CC(C)(O)c1cc(-c2ccccc2)on1. The zero-order valence-electron chi connectivity index (χ0n) is 8.77. The molecule has 0 unspecified atom stereocenters. The number of nitrogens with zero attached hydrogens (tertiary/aromatic N) is 1. The van der Waals surface area contributed by atoms with Crippen LogP contribution in [0.3, 0.4) is 0 Å². The highest BCUT2D eigenvalue weighted by atomic mass is 16.5. The topological polar surface area (TPSA) is 46.3 Å². The molecular weight excluding hydrogens is 190 g/mol. The number of hydrogen-bond acceptors (Lipinski definition) is 3. The van der Waals surface area contributed by atoms with Crippen LogP contribution in [-0.4, -0.2) is 10.3 Å². The Balaban J connectivity index is 2.37. The summed E-state index contributed by atoms with van der Waals surface area (Å²) in [6.45, 7) is 3.36. The van der Waals surface area contributed by atoms with Gasteiger partial charge in [0, 0.05) is 11.6 Å². The molecule has 0 amide bonds. The lowest BCUT2D eigenvalue weighted by atomic mass is 10.0. The van der Waals surface area contributed by atoms with Crippen LogP contribution in [0, 0.1) is 0 Å². The van der Waals surface area contributed by atoms with Crippen LogP contribution in [0.25, 0.3) is 11.3 Å². The Hall–Kier alpha value is -1.61. The van der Waals surface area contributed by atoms with Gasteiger partial charge in [-0.1, -0.05) is 35.5 Å². The first kappa shape index (κ1) is 9.93. The molecule has 0 bridgehead atoms. The monoisotopic (exact) mass is 203 g/mol. The highest BCUT2D eigenvalue weighted by molar-refractivity contribution is 5.57. The Bertz CT molecular complexity index is 440. The minimum absolute atomic E-state index is 0.543. The maximum absolute atomic E-state index is 9.73. The van der Waals surface area contributed by atoms with E-state index in [-0.39, 0.29) is 0 Å². The quantitative estimate of drug-likeness (QED) is 0.815. The van der Waals surface area contributed by atoms with E-state index in [4.69, 9.17) is 4.52 Å². The van der Waals surface area contributed by atoms with Crippen LogP contribution in [-0.2, 0) is 5.60 Å². The van der Waals surface area contributed by atoms with Crippen molar-refractivity contribution >= 4 is 0 Å². The molecule has 3 heteroatoms. The van der Waals surface area contributed by atoms with Crippen LogP contribution in [0.2, 0.25) is 0 Å². The van der Waals surface area contributed by atoms with Gasteiger partial charge in [0.05, 0.1) is 0 Å². The molecule has 0 saturated carbocycles. The van der Waals surface area contributed by atoms with Gasteiger partial charge in [0.25, 0.3) is 0 Å². The van der Waals surface area contributed by atoms with E-state index in [0.29, 0.717) is 11.5 Å². The first-order valence-electron chi connectivity index (χ1n) is 4.82. The molecule has 15 heavy (non-hydrogen) atoms. The average Bonchev–Trinajstić information content (AvgIpc) is 2.67. The number of aromatic nitrogens is 1. The largest absolute Gasteiger partial charge is 0.384 e. The number of hydrogen-bond donors (Lipinski definition) is 1. The van der Waals surface area contributed by atoms with Crippen LogP contribution in [0.15, 0.2) is 40.9 Å². The van der Waals surface area contributed by atoms with Gasteiger partial charge >= 0.3 is 0 Å². The third-order valence-electron chi connectivity index (χ3n) is 2.20. The maximum atomic E-state index is 9.73. The fourth-order valence-corrected chi connectivity index (χ4v) is 1.30. The van der Waals surface area contributed by atoms with E-state index in [0.717, 1.165) is 5.56 Å². The Morgan fingerprint density at radius 3 is 2.40 bits per heavy atom. The normalized spacial score (nSPS) is 11.7. The van der Waals surface area contributed by atoms with Crippen LogP contribution in [0.1, 0.15) is 19.5 Å². The standard InChI is InChI=1S/C12H13NO2/c1-12(2,14)11-8-10(15-13-11)9-6-4-3-5-7-9/h3-8,14H,1-2H3. The lowest BCUT2D eigenvalue weighted by Crippen LogP contribution is -2.15. The van der Waals surface area contributed by atoms with Crippen molar-refractivity contribution in [2.45, 2.75) is 19.4 Å². The molecule has 0 spiro atoms. The first-order chi connectivity index (χ1) is 7.07. The van der Waals surface area contributed by atoms with Crippen molar-refractivity contribution in [2.75, 3.05) is 0 Å². The molecule has 1 heterocycles. The van der Waals surface area contributed by atoms with E-state index >= 15 is 0 Å². The molecule has 2 aromatic rings. The van der Waals surface area contributed by atoms with Gasteiger partial charge in [0.1, 0.15) is 11.3 Å². The predicted octanol–water partition coefficient (Wildman–Crippen LogP) is 2.57. The Labute approximate surface area is 88.3 Å². The summed E-state index contributed by atoms with van der Waals surface area (Å²) in [5.74, 6) is 0.674. The summed E-state index contributed by atoms with van der Waals surface area (Å²) in [7, 11) is 0. The Morgan fingerprint density at radius 2 is 1.87 bits per heavy atom. The second-order valence-corrected chi connectivity index (χ2v) is 4.00. The highest BCUT2D eigenvalue weighted by Crippen LogP contribution is 2.25. The lowest BCUT2D eigenvalue weighted by molar-refractivity contribution is 0.0701. The lowest BCUT2D eigenvalue weighted by Gasteiger charge is -2.11. The van der Waals surface area contributed by atoms with E-state index < -0.39 is 5.60 Å². The molecule has 1 N–H and O–H groups in total. The van der Waals surface area contributed by atoms with Gasteiger partial charge in [-0.25, -0.2) is 0 Å². The highest BCUT2D eigenvalue weighted by Gasteiger charge is 2.21. The number of benzene rings is 1. The van der Waals surface area contributed by atoms with Gasteiger partial charge in [-0.3, -0.25) is 0 Å². The summed E-state index contributed by atoms with van der Waals surface area (Å²) in [5.41, 5.74) is 0.540. The molecule has 1 aromatic heterocycles. The van der Waals surface area contributed by atoms with Crippen LogP contribution < -0.4 is 0 Å². The van der Waals surface area contributed by atoms with Gasteiger partial charge in [-0.2, -0.15) is 0 Å². The van der Waals surface area contributed by atoms with Crippen molar-refractivity contribution in [1.82, 2.24) is 5.16 Å². The summed E-state index contributed by atoms with van der Waals surface area (Å²) in [4.78, 5) is 0. The van der Waals surface area contributed by atoms with Crippen molar-refractivity contribution < 1.29 is 9.63 Å². The van der Waals surface area contributed by atoms with Crippen LogP contribution >= 0.6 is 0 Å². The van der Waals surface area contributed by atoms with Crippen molar-refractivity contribution in [3.05, 3.63) is 42.1 Å². The minimum atomic E-state index is -0.962. The van der Waals surface area contributed by atoms with Gasteiger partial charge in [0.2, 0.25) is 0 Å². The summed E-state index contributed by atoms with van der Waals surface area (Å²) < 4.78 is 5.17. The zero-order chi connectivity index (χ0) is 10.9. The smallest absolute Gasteiger partial charge is 0.167 e. The molecule has 0 saturated heterocycles. The van der Waals surface area contributed by atoms with Gasteiger partial charge < -0.3 is 9.63 Å². The zero-order valence-corrected chi connectivity index (χ0v) is 8.77. The fourth-order valence-electron chi connectivity index (χ4n) is 1.30. The molecule has 0 aliphatic heterocycles. The van der Waals surface area contributed by atoms with E-state index in [1.54, 1.807) is 19.9 Å². The van der Waals surface area contributed by atoms with Crippen molar-refractivity contribution in [3.8, 4) is 11.3 Å². The summed E-state index contributed by atoms with van der Waals surface area (Å²) in [6.07, 6.45) is 0. The molecule has 0 aliphatic rings. The van der Waals surface area contributed by atoms with Gasteiger partial charge in [-0.05, 0) is 13.8 Å². The molecular formula is C12H13NO2. The summed E-state index contributed by atoms with van der Waals surface area (Å²) in [5, 5.41) is 13.6. The van der Waals surface area contributed by atoms with Crippen LogP contribution in [0.4, 0.5) is 0 Å². The van der Waals surface area contributed by atoms with E-state index in [9.17, 15) is 5.11 Å². The van der Waals surface area contributed by atoms with Gasteiger partial charge in [-0.15, -0.1) is 0 Å². The molecule has 0 radical (unpaired) electrons. The first-order valence-corrected chi connectivity index (χ1v) is 4.82. The average molecular weight is 203 g/mol. The van der Waals surface area contributed by atoms with E-state index in [1.807, 2.05) is 30.3 Å². The summed E-state index contributed by atoms with van der Waals surface area (Å²) in [6, 6.07) is 11.4. The van der Waals surface area contributed by atoms with E-state index in [1.165, 1.54) is 0 Å². The fraction of sp³-hybridized carbons (Fsp3) is 0.250. The molecule has 2 rings (SSSR count). The van der Waals surface area contributed by atoms with E-state index in [2.05, 4.69) is 5.16 Å². The number of rotatable bonds is 2. The molecule has 3 nitrogen and oxygen atoms in total. The third-order valence-corrected chi connectivity index (χ3v) is 2.20. The molecule has 0 aliphatic carbocycles. The van der Waals surface area contributed by atoms with Crippen LogP contribution in [0.5, 0.6) is 0 Å².